The van der Waals surface area contributed by atoms with E-state index in [9.17, 15) is 4.39 Å². The molecule has 1 aromatic carbocycles. The maximum absolute atomic E-state index is 13.4. The Kier molecular flexibility index (Phi) is 3.44. The molecule has 2 heterocycles. The highest BCUT2D eigenvalue weighted by Gasteiger charge is 2.07. The van der Waals surface area contributed by atoms with Crippen molar-refractivity contribution >= 4 is 32.7 Å². The minimum atomic E-state index is -0.246. The molecule has 0 aliphatic rings. The van der Waals surface area contributed by atoms with Gasteiger partial charge in [-0.05, 0) is 58.2 Å². The number of hydrogen-bond acceptors (Lipinski definition) is 2. The fraction of sp³-hybridized carbons (Fsp3) is 0.133. The zero-order valence-electron chi connectivity index (χ0n) is 10.9. The smallest absolute Gasteiger partial charge is 0.137 e. The number of pyridine rings is 1. The number of halogens is 2. The first kappa shape index (κ1) is 13.1. The van der Waals surface area contributed by atoms with Crippen LogP contribution in [0.3, 0.4) is 0 Å². The third-order valence-corrected chi connectivity index (χ3v) is 3.88. The van der Waals surface area contributed by atoms with E-state index < -0.39 is 0 Å². The second-order valence-corrected chi connectivity index (χ2v) is 5.50. The highest BCUT2D eigenvalue weighted by Crippen LogP contribution is 2.25. The standard InChI is InChI=1S/C15H13BrFN3/c1-9-5-13(17)12(16)6-14(9)19-7-10-8-20-15-11(10)3-2-4-18-15/h2-6,8,19H,7H2,1H3,(H,18,20). The molecule has 0 aliphatic heterocycles. The summed E-state index contributed by atoms with van der Waals surface area (Å²) in [6, 6.07) is 7.23. The van der Waals surface area contributed by atoms with E-state index in [1.54, 1.807) is 12.3 Å². The van der Waals surface area contributed by atoms with E-state index in [1.807, 2.05) is 25.3 Å². The van der Waals surface area contributed by atoms with Crippen molar-refractivity contribution in [2.24, 2.45) is 0 Å². The zero-order chi connectivity index (χ0) is 14.1. The van der Waals surface area contributed by atoms with Crippen molar-refractivity contribution in [1.29, 1.82) is 0 Å². The van der Waals surface area contributed by atoms with Crippen LogP contribution >= 0.6 is 15.9 Å². The zero-order valence-corrected chi connectivity index (χ0v) is 12.5. The van der Waals surface area contributed by atoms with E-state index in [1.165, 1.54) is 6.07 Å². The van der Waals surface area contributed by atoms with Crippen LogP contribution in [-0.2, 0) is 6.54 Å². The van der Waals surface area contributed by atoms with Gasteiger partial charge in [-0.1, -0.05) is 0 Å². The number of aryl methyl sites for hydroxylation is 1. The molecule has 3 nitrogen and oxygen atoms in total. The number of aromatic amines is 1. The summed E-state index contributed by atoms with van der Waals surface area (Å²) in [5, 5.41) is 4.43. The van der Waals surface area contributed by atoms with Gasteiger partial charge in [0.15, 0.2) is 0 Å². The third kappa shape index (κ3) is 2.41. The molecule has 0 unspecified atom stereocenters. The van der Waals surface area contributed by atoms with E-state index in [0.29, 0.717) is 11.0 Å². The Morgan fingerprint density at radius 1 is 1.40 bits per heavy atom. The summed E-state index contributed by atoms with van der Waals surface area (Å²) in [6.07, 6.45) is 3.70. The minimum Gasteiger partial charge on any atom is -0.381 e. The molecule has 0 saturated heterocycles. The number of anilines is 1. The largest absolute Gasteiger partial charge is 0.381 e. The van der Waals surface area contributed by atoms with Crippen LogP contribution in [0.25, 0.3) is 11.0 Å². The summed E-state index contributed by atoms with van der Waals surface area (Å²) in [7, 11) is 0. The number of hydrogen-bond donors (Lipinski definition) is 2. The quantitative estimate of drug-likeness (QED) is 0.746. The fourth-order valence-corrected chi connectivity index (χ4v) is 2.53. The number of benzene rings is 1. The first-order valence-corrected chi connectivity index (χ1v) is 7.05. The van der Waals surface area contributed by atoms with Crippen molar-refractivity contribution < 1.29 is 4.39 Å². The third-order valence-electron chi connectivity index (χ3n) is 3.27. The van der Waals surface area contributed by atoms with Crippen molar-refractivity contribution in [3.63, 3.8) is 0 Å². The van der Waals surface area contributed by atoms with Gasteiger partial charge < -0.3 is 10.3 Å². The van der Waals surface area contributed by atoms with Crippen molar-refractivity contribution in [1.82, 2.24) is 9.97 Å². The second-order valence-electron chi connectivity index (χ2n) is 4.65. The molecule has 3 aromatic rings. The SMILES string of the molecule is Cc1cc(F)c(Br)cc1NCc1c[nH]c2ncccc12. The van der Waals surface area contributed by atoms with E-state index in [0.717, 1.165) is 27.8 Å². The first-order chi connectivity index (χ1) is 9.65. The van der Waals surface area contributed by atoms with Gasteiger partial charge in [-0.3, -0.25) is 0 Å². The molecule has 3 rings (SSSR count). The lowest BCUT2D eigenvalue weighted by molar-refractivity contribution is 0.620. The predicted octanol–water partition coefficient (Wildman–Crippen LogP) is 4.39. The summed E-state index contributed by atoms with van der Waals surface area (Å²) in [5.41, 5.74) is 3.80. The second kappa shape index (κ2) is 5.25. The number of fused-ring (bicyclic) bond motifs is 1. The average molecular weight is 334 g/mol. The maximum Gasteiger partial charge on any atom is 0.137 e. The molecule has 5 heteroatoms. The molecule has 0 fully saturated rings. The first-order valence-electron chi connectivity index (χ1n) is 6.25. The predicted molar refractivity (Wildman–Crippen MR) is 82.3 cm³/mol. The molecule has 102 valence electrons. The normalized spacial score (nSPS) is 10.9. The highest BCUT2D eigenvalue weighted by molar-refractivity contribution is 9.10. The van der Waals surface area contributed by atoms with Crippen LogP contribution in [0.4, 0.5) is 10.1 Å². The Balaban J connectivity index is 1.85. The Hall–Kier alpha value is -1.88. The van der Waals surface area contributed by atoms with Crippen LogP contribution in [0.1, 0.15) is 11.1 Å². The van der Waals surface area contributed by atoms with Crippen LogP contribution in [0, 0.1) is 12.7 Å². The van der Waals surface area contributed by atoms with Crippen molar-refractivity contribution in [3.05, 3.63) is 58.1 Å². The van der Waals surface area contributed by atoms with Gasteiger partial charge in [0, 0.05) is 30.0 Å². The molecule has 2 aromatic heterocycles. The average Bonchev–Trinajstić information content (AvgIpc) is 2.85. The van der Waals surface area contributed by atoms with Gasteiger partial charge in [0.2, 0.25) is 0 Å². The topological polar surface area (TPSA) is 40.7 Å². The highest BCUT2D eigenvalue weighted by atomic mass is 79.9. The summed E-state index contributed by atoms with van der Waals surface area (Å²) < 4.78 is 13.9. The molecule has 0 aliphatic carbocycles. The number of nitrogens with one attached hydrogen (secondary N) is 2. The van der Waals surface area contributed by atoms with Crippen LogP contribution in [0.2, 0.25) is 0 Å². The van der Waals surface area contributed by atoms with Crippen LogP contribution in [0.15, 0.2) is 41.1 Å². The molecule has 0 spiro atoms. The minimum absolute atomic E-state index is 0.246. The lowest BCUT2D eigenvalue weighted by atomic mass is 10.1. The van der Waals surface area contributed by atoms with Crippen molar-refractivity contribution in [2.45, 2.75) is 13.5 Å². The molecule has 0 saturated carbocycles. The van der Waals surface area contributed by atoms with Gasteiger partial charge in [-0.15, -0.1) is 0 Å². The number of aromatic nitrogens is 2. The molecule has 0 amide bonds. The Morgan fingerprint density at radius 2 is 2.25 bits per heavy atom. The van der Waals surface area contributed by atoms with Gasteiger partial charge in [0.25, 0.3) is 0 Å². The van der Waals surface area contributed by atoms with E-state index in [-0.39, 0.29) is 5.82 Å². The number of H-pyrrole nitrogens is 1. The molecule has 0 atom stereocenters. The molecule has 20 heavy (non-hydrogen) atoms. The molecular weight excluding hydrogens is 321 g/mol. The van der Waals surface area contributed by atoms with Crippen molar-refractivity contribution in [2.75, 3.05) is 5.32 Å². The van der Waals surface area contributed by atoms with Gasteiger partial charge >= 0.3 is 0 Å². The van der Waals surface area contributed by atoms with Crippen LogP contribution < -0.4 is 5.32 Å². The fourth-order valence-electron chi connectivity index (χ4n) is 2.19. The van der Waals surface area contributed by atoms with Gasteiger partial charge in [0.05, 0.1) is 4.47 Å². The summed E-state index contributed by atoms with van der Waals surface area (Å²) in [4.78, 5) is 7.40. The maximum atomic E-state index is 13.4. The van der Waals surface area contributed by atoms with Gasteiger partial charge in [0.1, 0.15) is 11.5 Å². The summed E-state index contributed by atoms with van der Waals surface area (Å²) >= 11 is 3.21. The summed E-state index contributed by atoms with van der Waals surface area (Å²) in [5.74, 6) is -0.246. The van der Waals surface area contributed by atoms with E-state index in [4.69, 9.17) is 0 Å². The lowest BCUT2D eigenvalue weighted by Crippen LogP contribution is -2.01. The van der Waals surface area contributed by atoms with Crippen molar-refractivity contribution in [3.8, 4) is 0 Å². The number of rotatable bonds is 3. The Labute approximate surface area is 124 Å². The monoisotopic (exact) mass is 333 g/mol. The lowest BCUT2D eigenvalue weighted by Gasteiger charge is -2.10. The van der Waals surface area contributed by atoms with Gasteiger partial charge in [-0.25, -0.2) is 9.37 Å². The van der Waals surface area contributed by atoms with E-state index >= 15 is 0 Å². The molecule has 0 bridgehead atoms. The van der Waals surface area contributed by atoms with Gasteiger partial charge in [-0.2, -0.15) is 0 Å². The van der Waals surface area contributed by atoms with E-state index in [2.05, 4.69) is 31.2 Å². The Bertz CT molecular complexity index is 767. The number of nitrogens with zero attached hydrogens (tertiary/aromatic N) is 1. The molecular formula is C15H13BrFN3. The summed E-state index contributed by atoms with van der Waals surface area (Å²) in [6.45, 7) is 2.54. The van der Waals surface area contributed by atoms with Crippen LogP contribution in [0.5, 0.6) is 0 Å². The van der Waals surface area contributed by atoms with Crippen LogP contribution in [-0.4, -0.2) is 9.97 Å². The Morgan fingerprint density at radius 3 is 3.10 bits per heavy atom. The molecule has 2 N–H and O–H groups in total. The molecule has 0 radical (unpaired) electrons.